The molecule has 0 unspecified atom stereocenters. The van der Waals surface area contributed by atoms with Gasteiger partial charge in [-0.25, -0.2) is 0 Å². The molecule has 260 valence electrons. The van der Waals surface area contributed by atoms with Crippen LogP contribution in [0.2, 0.25) is 0 Å². The highest BCUT2D eigenvalue weighted by molar-refractivity contribution is 5.90. The topological polar surface area (TPSA) is 3.24 Å². The van der Waals surface area contributed by atoms with E-state index in [0.29, 0.717) is 0 Å². The van der Waals surface area contributed by atoms with Crippen LogP contribution in [0, 0.1) is 11.8 Å². The first-order valence-electron chi connectivity index (χ1n) is 19.1. The third-order valence-electron chi connectivity index (χ3n) is 11.8. The first-order valence-corrected chi connectivity index (χ1v) is 19.1. The van der Waals surface area contributed by atoms with Gasteiger partial charge in [0.25, 0.3) is 0 Å². The minimum atomic E-state index is -0.440. The van der Waals surface area contributed by atoms with Crippen LogP contribution in [0.25, 0.3) is 22.3 Å². The molecule has 2 aliphatic rings. The van der Waals surface area contributed by atoms with Crippen molar-refractivity contribution in [1.82, 2.24) is 0 Å². The average molecular weight is 702 g/mol. The summed E-state index contributed by atoms with van der Waals surface area (Å²) >= 11 is 0. The molecule has 0 fully saturated rings. The zero-order valence-electron chi connectivity index (χ0n) is 31.0. The van der Waals surface area contributed by atoms with Crippen LogP contribution in [0.4, 0.5) is 17.1 Å². The van der Waals surface area contributed by atoms with Crippen LogP contribution in [0.15, 0.2) is 200 Å². The van der Waals surface area contributed by atoms with Crippen molar-refractivity contribution in [3.05, 3.63) is 245 Å². The van der Waals surface area contributed by atoms with Crippen LogP contribution >= 0.6 is 0 Å². The minimum absolute atomic E-state index is 0.199. The van der Waals surface area contributed by atoms with Gasteiger partial charge in [0.15, 0.2) is 0 Å². The lowest BCUT2D eigenvalue weighted by molar-refractivity contribution is 0.660. The highest BCUT2D eigenvalue weighted by Crippen LogP contribution is 2.57. The van der Waals surface area contributed by atoms with E-state index >= 15 is 0 Å². The standard InChI is InChI=1S/C54H39N/c1-53(2)50-36-38(31-34-45(50)46-35-33-44(37-51(46)53)55(42-23-11-5-12-24-42)43-25-13-6-14-26-43)30-32-39-18-17-29-49-52(39)47-27-15-16-28-48(47)54(49,40-19-7-3-8-20-40)41-21-9-4-10-22-41/h3-29,31,33-37H,1-2H3. The largest absolute Gasteiger partial charge is 0.310 e. The van der Waals surface area contributed by atoms with Crippen LogP contribution in [-0.4, -0.2) is 0 Å². The van der Waals surface area contributed by atoms with E-state index in [0.717, 1.165) is 28.2 Å². The van der Waals surface area contributed by atoms with Gasteiger partial charge in [-0.1, -0.05) is 171 Å². The molecule has 0 atom stereocenters. The van der Waals surface area contributed by atoms with Crippen molar-refractivity contribution in [3.63, 3.8) is 0 Å². The van der Waals surface area contributed by atoms with E-state index < -0.39 is 5.41 Å². The molecule has 10 rings (SSSR count). The quantitative estimate of drug-likeness (QED) is 0.162. The summed E-state index contributed by atoms with van der Waals surface area (Å²) in [6.07, 6.45) is 0. The fraction of sp³-hybridized carbons (Fsp3) is 0.0741. The van der Waals surface area contributed by atoms with Crippen molar-refractivity contribution in [2.45, 2.75) is 24.7 Å². The van der Waals surface area contributed by atoms with Gasteiger partial charge in [-0.2, -0.15) is 0 Å². The molecular formula is C54H39N. The Labute approximate surface area is 324 Å². The van der Waals surface area contributed by atoms with Gasteiger partial charge < -0.3 is 4.90 Å². The van der Waals surface area contributed by atoms with Crippen LogP contribution < -0.4 is 4.90 Å². The smallest absolute Gasteiger partial charge is 0.0714 e. The first-order chi connectivity index (χ1) is 27.0. The van der Waals surface area contributed by atoms with E-state index in [2.05, 4.69) is 231 Å². The molecule has 0 bridgehead atoms. The van der Waals surface area contributed by atoms with Crippen LogP contribution in [0.1, 0.15) is 58.4 Å². The predicted octanol–water partition coefficient (Wildman–Crippen LogP) is 13.2. The summed E-state index contributed by atoms with van der Waals surface area (Å²) in [4.78, 5) is 2.34. The van der Waals surface area contributed by atoms with Gasteiger partial charge in [0.1, 0.15) is 0 Å². The summed E-state index contributed by atoms with van der Waals surface area (Å²) in [5.41, 5.74) is 17.6. The molecule has 0 spiro atoms. The molecule has 8 aromatic rings. The van der Waals surface area contributed by atoms with Crippen molar-refractivity contribution in [3.8, 4) is 34.1 Å². The van der Waals surface area contributed by atoms with Crippen molar-refractivity contribution in [2.75, 3.05) is 4.90 Å². The molecule has 0 saturated heterocycles. The molecule has 0 heterocycles. The molecule has 0 saturated carbocycles. The molecular weight excluding hydrogens is 663 g/mol. The average Bonchev–Trinajstić information content (AvgIpc) is 3.67. The minimum Gasteiger partial charge on any atom is -0.310 e. The van der Waals surface area contributed by atoms with Gasteiger partial charge in [0.05, 0.1) is 5.41 Å². The Bertz CT molecular complexity index is 2690. The number of fused-ring (bicyclic) bond motifs is 6. The van der Waals surface area contributed by atoms with Crippen molar-refractivity contribution >= 4 is 17.1 Å². The lowest BCUT2D eigenvalue weighted by Crippen LogP contribution is -2.28. The maximum absolute atomic E-state index is 3.69. The van der Waals surface area contributed by atoms with E-state index in [-0.39, 0.29) is 5.41 Å². The van der Waals surface area contributed by atoms with Gasteiger partial charge in [0, 0.05) is 39.2 Å². The number of benzene rings is 8. The normalized spacial score (nSPS) is 13.8. The third kappa shape index (κ3) is 5.10. The molecule has 2 aliphatic carbocycles. The fourth-order valence-electron chi connectivity index (χ4n) is 9.28. The summed E-state index contributed by atoms with van der Waals surface area (Å²) in [5.74, 6) is 7.32. The zero-order valence-corrected chi connectivity index (χ0v) is 31.0. The van der Waals surface area contributed by atoms with Gasteiger partial charge >= 0.3 is 0 Å². The molecule has 0 N–H and O–H groups in total. The molecule has 0 aromatic heterocycles. The molecule has 0 aliphatic heterocycles. The van der Waals surface area contributed by atoms with Crippen LogP contribution in [-0.2, 0) is 10.8 Å². The molecule has 8 aromatic carbocycles. The fourth-order valence-corrected chi connectivity index (χ4v) is 9.28. The second kappa shape index (κ2) is 12.9. The second-order valence-corrected chi connectivity index (χ2v) is 15.1. The lowest BCUT2D eigenvalue weighted by Gasteiger charge is -2.33. The van der Waals surface area contributed by atoms with E-state index in [1.807, 2.05) is 0 Å². The van der Waals surface area contributed by atoms with E-state index in [1.165, 1.54) is 55.6 Å². The Kier molecular flexibility index (Phi) is 7.68. The maximum Gasteiger partial charge on any atom is 0.0714 e. The Morgan fingerprint density at radius 2 is 0.909 bits per heavy atom. The second-order valence-electron chi connectivity index (χ2n) is 15.1. The Morgan fingerprint density at radius 1 is 0.382 bits per heavy atom. The summed E-state index contributed by atoms with van der Waals surface area (Å²) in [5, 5.41) is 0. The molecule has 0 radical (unpaired) electrons. The van der Waals surface area contributed by atoms with Gasteiger partial charge in [0.2, 0.25) is 0 Å². The highest BCUT2D eigenvalue weighted by Gasteiger charge is 2.46. The molecule has 0 amide bonds. The van der Waals surface area contributed by atoms with E-state index in [1.54, 1.807) is 0 Å². The van der Waals surface area contributed by atoms with E-state index in [4.69, 9.17) is 0 Å². The highest BCUT2D eigenvalue weighted by atomic mass is 15.1. The van der Waals surface area contributed by atoms with E-state index in [9.17, 15) is 0 Å². The van der Waals surface area contributed by atoms with Gasteiger partial charge in [-0.15, -0.1) is 0 Å². The molecule has 55 heavy (non-hydrogen) atoms. The number of hydrogen-bond acceptors (Lipinski definition) is 1. The predicted molar refractivity (Wildman–Crippen MR) is 228 cm³/mol. The number of anilines is 3. The lowest BCUT2D eigenvalue weighted by atomic mass is 9.67. The first kappa shape index (κ1) is 32.7. The van der Waals surface area contributed by atoms with Gasteiger partial charge in [-0.05, 0) is 105 Å². The Balaban J connectivity index is 1.06. The zero-order chi connectivity index (χ0) is 37.0. The van der Waals surface area contributed by atoms with Crippen molar-refractivity contribution < 1.29 is 0 Å². The Hall–Kier alpha value is -6.88. The van der Waals surface area contributed by atoms with Crippen LogP contribution in [0.5, 0.6) is 0 Å². The summed E-state index contributed by atoms with van der Waals surface area (Å²) in [7, 11) is 0. The number of hydrogen-bond donors (Lipinski definition) is 0. The Morgan fingerprint density at radius 3 is 1.55 bits per heavy atom. The number of para-hydroxylation sites is 2. The summed E-state index contributed by atoms with van der Waals surface area (Å²) in [6.45, 7) is 4.70. The number of rotatable bonds is 5. The number of nitrogens with zero attached hydrogens (tertiary/aromatic N) is 1. The summed E-state index contributed by atoms with van der Waals surface area (Å²) < 4.78 is 0. The summed E-state index contributed by atoms with van der Waals surface area (Å²) in [6, 6.07) is 72.5. The molecule has 1 nitrogen and oxygen atoms in total. The van der Waals surface area contributed by atoms with Crippen molar-refractivity contribution in [1.29, 1.82) is 0 Å². The van der Waals surface area contributed by atoms with Gasteiger partial charge in [-0.3, -0.25) is 0 Å². The SMILES string of the molecule is CC1(C)c2cc(C#Cc3cccc4c3-c3ccccc3C4(c3ccccc3)c3ccccc3)ccc2-c2ccc(N(c3ccccc3)c3ccccc3)cc21. The third-order valence-corrected chi connectivity index (χ3v) is 11.8. The van der Waals surface area contributed by atoms with Crippen molar-refractivity contribution in [2.24, 2.45) is 0 Å². The van der Waals surface area contributed by atoms with Crippen LogP contribution in [0.3, 0.4) is 0 Å². The monoisotopic (exact) mass is 701 g/mol. The maximum atomic E-state index is 3.69. The molecule has 1 heteroatoms.